The summed E-state index contributed by atoms with van der Waals surface area (Å²) in [5.74, 6) is -0.326. The molecule has 1 aromatic rings. The van der Waals surface area contributed by atoms with Gasteiger partial charge in [0.05, 0.1) is 17.9 Å². The molecular formula is C26H37ClN2O6. The van der Waals surface area contributed by atoms with Crippen molar-refractivity contribution >= 4 is 29.3 Å². The fourth-order valence-electron chi connectivity index (χ4n) is 4.21. The number of phenols is 1. The molecule has 0 aromatic heterocycles. The Morgan fingerprint density at radius 2 is 1.83 bits per heavy atom. The van der Waals surface area contributed by atoms with E-state index >= 15 is 0 Å². The summed E-state index contributed by atoms with van der Waals surface area (Å²) in [5, 5.41) is 13.9. The van der Waals surface area contributed by atoms with Gasteiger partial charge < -0.3 is 30.4 Å². The second kappa shape index (κ2) is 14.1. The topological polar surface area (TPSA) is 120 Å². The zero-order valence-corrected chi connectivity index (χ0v) is 21.7. The van der Waals surface area contributed by atoms with Crippen LogP contribution in [0.2, 0.25) is 5.02 Å². The molecule has 1 heterocycles. The van der Waals surface area contributed by atoms with Crippen molar-refractivity contribution in [2.45, 2.75) is 77.1 Å². The van der Waals surface area contributed by atoms with Crippen molar-refractivity contribution in [2.24, 2.45) is 5.73 Å². The van der Waals surface area contributed by atoms with Gasteiger partial charge in [-0.25, -0.2) is 4.79 Å². The number of aryl methyl sites for hydroxylation is 1. The number of allylic oxidation sites excluding steroid dienone is 2. The quantitative estimate of drug-likeness (QED) is 0.378. The average molecular weight is 509 g/mol. The minimum atomic E-state index is -0.871. The molecule has 4 N–H and O–H groups in total. The van der Waals surface area contributed by atoms with Gasteiger partial charge in [0.1, 0.15) is 5.75 Å². The Kier molecular flexibility index (Phi) is 11.6. The monoisotopic (exact) mass is 508 g/mol. The van der Waals surface area contributed by atoms with Gasteiger partial charge in [0, 0.05) is 24.8 Å². The Hall–Kier alpha value is -2.55. The number of ether oxygens (including phenoxy) is 3. The number of aromatic hydroxyl groups is 1. The van der Waals surface area contributed by atoms with Crippen LogP contribution >= 0.6 is 11.6 Å². The van der Waals surface area contributed by atoms with Gasteiger partial charge in [-0.15, -0.1) is 0 Å². The summed E-state index contributed by atoms with van der Waals surface area (Å²) in [6.45, 7) is 3.58. The third kappa shape index (κ3) is 8.87. The van der Waals surface area contributed by atoms with Crippen LogP contribution in [-0.4, -0.2) is 49.6 Å². The standard InChI is InChI=1S/C26H37ClN2O6/c1-16-8-5-11-20(33-3)12-7-10-18-14-19(27)15-21(23(18)30)29-25(31)17(2)9-6-13-22(34-4)24(16)35-26(28)32/h8-9,14-15,20,22,24,30H,5-7,10-13H2,1-4H3,(H2,28,32)(H,29,31)/b16-8+,17-9+. The van der Waals surface area contributed by atoms with E-state index in [0.717, 1.165) is 31.3 Å². The zero-order valence-electron chi connectivity index (χ0n) is 20.9. The number of hydrogen-bond acceptors (Lipinski definition) is 6. The van der Waals surface area contributed by atoms with E-state index < -0.39 is 18.3 Å². The molecule has 2 bridgehead atoms. The number of amides is 2. The number of carbonyl (C=O) groups excluding carboxylic acids is 2. The summed E-state index contributed by atoms with van der Waals surface area (Å²) in [5.41, 5.74) is 7.59. The van der Waals surface area contributed by atoms with Crippen molar-refractivity contribution in [3.63, 3.8) is 0 Å². The lowest BCUT2D eigenvalue weighted by molar-refractivity contribution is -0.112. The first-order chi connectivity index (χ1) is 16.7. The lowest BCUT2D eigenvalue weighted by atomic mass is 9.98. The fraction of sp³-hybridized carbons (Fsp3) is 0.538. The molecule has 0 radical (unpaired) electrons. The Balaban J connectivity index is 2.35. The van der Waals surface area contributed by atoms with Gasteiger partial charge >= 0.3 is 6.09 Å². The van der Waals surface area contributed by atoms with E-state index in [1.54, 1.807) is 33.3 Å². The molecule has 1 aromatic carbocycles. The summed E-state index contributed by atoms with van der Waals surface area (Å²) >= 11 is 6.26. The Labute approximate surface area is 212 Å². The van der Waals surface area contributed by atoms with Crippen LogP contribution in [0.25, 0.3) is 0 Å². The van der Waals surface area contributed by atoms with Crippen molar-refractivity contribution in [3.05, 3.63) is 46.0 Å². The van der Waals surface area contributed by atoms with Gasteiger partial charge in [-0.3, -0.25) is 4.79 Å². The molecule has 0 spiro atoms. The minimum Gasteiger partial charge on any atom is -0.505 e. The highest BCUT2D eigenvalue weighted by Crippen LogP contribution is 2.33. The SMILES string of the molecule is COC1CC/C=C(\C)C(OC(N)=O)C(OC)CC/C=C(\C)C(=O)Nc2cc(Cl)cc(c2O)CCC1. The first-order valence-electron chi connectivity index (χ1n) is 11.8. The van der Waals surface area contributed by atoms with Crippen molar-refractivity contribution in [1.82, 2.24) is 0 Å². The second-order valence-electron chi connectivity index (χ2n) is 8.79. The van der Waals surface area contributed by atoms with Crippen LogP contribution in [0.3, 0.4) is 0 Å². The van der Waals surface area contributed by atoms with Gasteiger partial charge in [0.15, 0.2) is 6.10 Å². The van der Waals surface area contributed by atoms with Crippen molar-refractivity contribution in [3.8, 4) is 5.75 Å². The van der Waals surface area contributed by atoms with Crippen LogP contribution in [0.1, 0.15) is 57.9 Å². The number of phenolic OH excluding ortho intramolecular Hbond substituents is 1. The van der Waals surface area contributed by atoms with Crippen LogP contribution in [-0.2, 0) is 25.4 Å². The molecule has 194 valence electrons. The Morgan fingerprint density at radius 3 is 2.49 bits per heavy atom. The number of anilines is 1. The Morgan fingerprint density at radius 1 is 1.11 bits per heavy atom. The summed E-state index contributed by atoms with van der Waals surface area (Å²) in [7, 11) is 3.23. The number of carbonyl (C=O) groups is 2. The number of benzene rings is 1. The number of primary amides is 1. The van der Waals surface area contributed by atoms with E-state index in [0.29, 0.717) is 35.4 Å². The second-order valence-corrected chi connectivity index (χ2v) is 9.22. The molecule has 3 unspecified atom stereocenters. The molecule has 0 saturated carbocycles. The van der Waals surface area contributed by atoms with Gasteiger partial charge in [0.25, 0.3) is 5.91 Å². The van der Waals surface area contributed by atoms with E-state index in [-0.39, 0.29) is 23.4 Å². The molecule has 35 heavy (non-hydrogen) atoms. The molecule has 2 rings (SSSR count). The number of nitrogens with two attached hydrogens (primary N) is 1. The van der Waals surface area contributed by atoms with Crippen molar-refractivity contribution in [1.29, 1.82) is 0 Å². The highest BCUT2D eigenvalue weighted by Gasteiger charge is 2.26. The van der Waals surface area contributed by atoms with E-state index in [9.17, 15) is 14.7 Å². The smallest absolute Gasteiger partial charge is 0.405 e. The molecule has 3 atom stereocenters. The fourth-order valence-corrected chi connectivity index (χ4v) is 4.45. The van der Waals surface area contributed by atoms with Crippen LogP contribution in [0.5, 0.6) is 5.75 Å². The Bertz CT molecular complexity index is 946. The predicted molar refractivity (Wildman–Crippen MR) is 137 cm³/mol. The molecule has 9 heteroatoms. The minimum absolute atomic E-state index is 0.0159. The zero-order chi connectivity index (χ0) is 26.0. The summed E-state index contributed by atoms with van der Waals surface area (Å²) < 4.78 is 16.7. The van der Waals surface area contributed by atoms with Crippen LogP contribution in [0.15, 0.2) is 35.4 Å². The van der Waals surface area contributed by atoms with Crippen molar-refractivity contribution in [2.75, 3.05) is 19.5 Å². The maximum absolute atomic E-state index is 12.7. The summed E-state index contributed by atoms with van der Waals surface area (Å²) in [6, 6.07) is 3.25. The summed E-state index contributed by atoms with van der Waals surface area (Å²) in [4.78, 5) is 24.3. The van der Waals surface area contributed by atoms with E-state index in [1.165, 1.54) is 6.07 Å². The average Bonchev–Trinajstić information content (AvgIpc) is 2.81. The maximum atomic E-state index is 12.7. The van der Waals surface area contributed by atoms with Crippen LogP contribution in [0, 0.1) is 0 Å². The molecular weight excluding hydrogens is 472 g/mol. The first-order valence-corrected chi connectivity index (χ1v) is 12.2. The number of nitrogens with one attached hydrogen (secondary N) is 1. The third-order valence-corrected chi connectivity index (χ3v) is 6.47. The van der Waals surface area contributed by atoms with E-state index in [4.69, 9.17) is 31.5 Å². The third-order valence-electron chi connectivity index (χ3n) is 6.25. The number of rotatable bonds is 3. The number of halogens is 1. The highest BCUT2D eigenvalue weighted by atomic mass is 35.5. The van der Waals surface area contributed by atoms with Gasteiger partial charge in [0.2, 0.25) is 0 Å². The molecule has 8 nitrogen and oxygen atoms in total. The molecule has 0 aliphatic carbocycles. The van der Waals surface area contributed by atoms with Gasteiger partial charge in [-0.05, 0) is 82.1 Å². The lowest BCUT2D eigenvalue weighted by Crippen LogP contribution is -2.35. The van der Waals surface area contributed by atoms with E-state index in [2.05, 4.69) is 5.32 Å². The number of hydrogen-bond donors (Lipinski definition) is 3. The summed E-state index contributed by atoms with van der Waals surface area (Å²) in [6.07, 6.45) is 6.50. The van der Waals surface area contributed by atoms with Gasteiger partial charge in [-0.2, -0.15) is 0 Å². The molecule has 0 fully saturated rings. The largest absolute Gasteiger partial charge is 0.505 e. The first kappa shape index (κ1) is 28.7. The van der Waals surface area contributed by atoms with Gasteiger partial charge in [-0.1, -0.05) is 23.8 Å². The van der Waals surface area contributed by atoms with Crippen LogP contribution < -0.4 is 11.1 Å². The van der Waals surface area contributed by atoms with Crippen molar-refractivity contribution < 1.29 is 28.9 Å². The lowest BCUT2D eigenvalue weighted by Gasteiger charge is -2.26. The molecule has 2 amide bonds. The normalized spacial score (nSPS) is 26.1. The number of fused-ring (bicyclic) bond motifs is 2. The molecule has 1 aliphatic rings. The highest BCUT2D eigenvalue weighted by molar-refractivity contribution is 6.31. The predicted octanol–water partition coefficient (Wildman–Crippen LogP) is 5.27. The molecule has 1 aliphatic heterocycles. The molecule has 0 saturated heterocycles. The number of methoxy groups -OCH3 is 2. The maximum Gasteiger partial charge on any atom is 0.405 e. The van der Waals surface area contributed by atoms with E-state index in [1.807, 2.05) is 13.0 Å². The van der Waals surface area contributed by atoms with Crippen LogP contribution in [0.4, 0.5) is 10.5 Å².